The normalized spacial score (nSPS) is 9.23. The summed E-state index contributed by atoms with van der Waals surface area (Å²) in [5.74, 6) is 1.62. The lowest BCUT2D eigenvalue weighted by Gasteiger charge is -1.96. The number of aromatic nitrogens is 1. The number of carbonyl (C=O) groups is 1. The Bertz CT molecular complexity index is 338. The molecule has 0 saturated heterocycles. The lowest BCUT2D eigenvalue weighted by atomic mass is 10.4. The predicted octanol–water partition coefficient (Wildman–Crippen LogP) is 0.743. The van der Waals surface area contributed by atoms with Crippen molar-refractivity contribution in [3.8, 4) is 12.3 Å². The van der Waals surface area contributed by atoms with Gasteiger partial charge in [-0.2, -0.15) is 0 Å². The fraction of sp³-hybridized carbons (Fsp3) is 0.333. The molecule has 0 atom stereocenters. The maximum Gasteiger partial charge on any atom is 0.295 e. The zero-order valence-electron chi connectivity index (χ0n) is 7.33. The summed E-state index contributed by atoms with van der Waals surface area (Å²) < 4.78 is 0. The number of hydrogen-bond acceptors (Lipinski definition) is 3. The Kier molecular flexibility index (Phi) is 3.47. The molecule has 1 heterocycles. The molecule has 1 aromatic heterocycles. The molecule has 1 rings (SSSR count). The van der Waals surface area contributed by atoms with Crippen LogP contribution in [0.5, 0.6) is 0 Å². The van der Waals surface area contributed by atoms with E-state index in [4.69, 9.17) is 6.42 Å². The first kappa shape index (κ1) is 9.75. The van der Waals surface area contributed by atoms with Crippen molar-refractivity contribution in [1.82, 2.24) is 10.3 Å². The highest BCUT2D eigenvalue weighted by Crippen LogP contribution is 2.10. The van der Waals surface area contributed by atoms with Crippen molar-refractivity contribution in [3.05, 3.63) is 16.1 Å². The van der Waals surface area contributed by atoms with Crippen molar-refractivity contribution in [2.24, 2.45) is 0 Å². The summed E-state index contributed by atoms with van der Waals surface area (Å²) in [4.78, 5) is 16.0. The minimum atomic E-state index is -0.367. The average Bonchev–Trinajstić information content (AvgIpc) is 2.51. The standard InChI is InChI=1S/C9H10N2OS/c1-3-8(12)10-5-4-9-11-6-7(2)13-9/h1,6H,4-5H2,2H3,(H,10,12). The van der Waals surface area contributed by atoms with E-state index in [1.807, 2.05) is 19.0 Å². The number of thiazole rings is 1. The van der Waals surface area contributed by atoms with Crippen LogP contribution < -0.4 is 5.32 Å². The lowest BCUT2D eigenvalue weighted by Crippen LogP contribution is -2.23. The summed E-state index contributed by atoms with van der Waals surface area (Å²) in [6.45, 7) is 2.55. The molecule has 0 fully saturated rings. The topological polar surface area (TPSA) is 42.0 Å². The number of nitrogens with one attached hydrogen (secondary N) is 1. The molecular formula is C9H10N2OS. The lowest BCUT2D eigenvalue weighted by molar-refractivity contribution is -0.115. The molecule has 0 aliphatic heterocycles. The Morgan fingerprint density at radius 2 is 2.62 bits per heavy atom. The zero-order valence-corrected chi connectivity index (χ0v) is 8.15. The average molecular weight is 194 g/mol. The van der Waals surface area contributed by atoms with Crippen LogP contribution in [0.15, 0.2) is 6.20 Å². The third-order valence-corrected chi connectivity index (χ3v) is 2.40. The Morgan fingerprint density at radius 3 is 3.15 bits per heavy atom. The van der Waals surface area contributed by atoms with Gasteiger partial charge < -0.3 is 5.32 Å². The van der Waals surface area contributed by atoms with Crippen LogP contribution in [0.25, 0.3) is 0 Å². The summed E-state index contributed by atoms with van der Waals surface area (Å²) in [7, 11) is 0. The molecule has 0 bridgehead atoms. The van der Waals surface area contributed by atoms with Gasteiger partial charge in [-0.3, -0.25) is 4.79 Å². The van der Waals surface area contributed by atoms with E-state index in [1.54, 1.807) is 11.3 Å². The zero-order chi connectivity index (χ0) is 9.68. The van der Waals surface area contributed by atoms with Gasteiger partial charge in [-0.05, 0) is 12.8 Å². The van der Waals surface area contributed by atoms with E-state index >= 15 is 0 Å². The summed E-state index contributed by atoms with van der Waals surface area (Å²) in [6.07, 6.45) is 7.44. The van der Waals surface area contributed by atoms with E-state index in [2.05, 4.69) is 10.3 Å². The van der Waals surface area contributed by atoms with E-state index in [0.717, 1.165) is 11.4 Å². The van der Waals surface area contributed by atoms with E-state index in [0.29, 0.717) is 6.54 Å². The molecule has 0 aliphatic rings. The summed E-state index contributed by atoms with van der Waals surface area (Å²) >= 11 is 1.63. The Morgan fingerprint density at radius 1 is 1.85 bits per heavy atom. The fourth-order valence-electron chi connectivity index (χ4n) is 0.851. The molecule has 68 valence electrons. The molecule has 0 spiro atoms. The van der Waals surface area contributed by atoms with Crippen LogP contribution in [-0.4, -0.2) is 17.4 Å². The van der Waals surface area contributed by atoms with Crippen molar-refractivity contribution < 1.29 is 4.79 Å². The number of terminal acetylenes is 1. The van der Waals surface area contributed by atoms with Gasteiger partial charge >= 0.3 is 0 Å². The number of hydrogen-bond donors (Lipinski definition) is 1. The molecular weight excluding hydrogens is 184 g/mol. The van der Waals surface area contributed by atoms with Crippen LogP contribution in [0.2, 0.25) is 0 Å². The summed E-state index contributed by atoms with van der Waals surface area (Å²) in [5, 5.41) is 3.60. The van der Waals surface area contributed by atoms with Crippen LogP contribution in [0.1, 0.15) is 9.88 Å². The SMILES string of the molecule is C#CC(=O)NCCc1ncc(C)s1. The first-order valence-electron chi connectivity index (χ1n) is 3.88. The first-order chi connectivity index (χ1) is 6.22. The highest BCUT2D eigenvalue weighted by Gasteiger charge is 1.99. The van der Waals surface area contributed by atoms with E-state index in [9.17, 15) is 4.79 Å². The van der Waals surface area contributed by atoms with Crippen LogP contribution in [0, 0.1) is 19.3 Å². The van der Waals surface area contributed by atoms with Gasteiger partial charge in [-0.15, -0.1) is 17.8 Å². The van der Waals surface area contributed by atoms with Gasteiger partial charge in [0.05, 0.1) is 5.01 Å². The number of nitrogens with zero attached hydrogens (tertiary/aromatic N) is 1. The second-order valence-electron chi connectivity index (χ2n) is 2.51. The Hall–Kier alpha value is -1.34. The van der Waals surface area contributed by atoms with E-state index in [-0.39, 0.29) is 5.91 Å². The quantitative estimate of drug-likeness (QED) is 0.721. The third-order valence-electron chi connectivity index (χ3n) is 1.42. The molecule has 0 aromatic carbocycles. The van der Waals surface area contributed by atoms with Crippen molar-refractivity contribution >= 4 is 17.2 Å². The minimum Gasteiger partial charge on any atom is -0.345 e. The molecule has 1 N–H and O–H groups in total. The molecule has 1 aromatic rings. The van der Waals surface area contributed by atoms with Crippen molar-refractivity contribution in [3.63, 3.8) is 0 Å². The largest absolute Gasteiger partial charge is 0.345 e. The van der Waals surface area contributed by atoms with Crippen molar-refractivity contribution in [2.45, 2.75) is 13.3 Å². The highest BCUT2D eigenvalue weighted by molar-refractivity contribution is 7.11. The van der Waals surface area contributed by atoms with Crippen molar-refractivity contribution in [2.75, 3.05) is 6.54 Å². The minimum absolute atomic E-state index is 0.367. The van der Waals surface area contributed by atoms with Gasteiger partial charge in [0.25, 0.3) is 5.91 Å². The number of carbonyl (C=O) groups excluding carboxylic acids is 1. The highest BCUT2D eigenvalue weighted by atomic mass is 32.1. The van der Waals surface area contributed by atoms with Crippen LogP contribution in [-0.2, 0) is 11.2 Å². The molecule has 13 heavy (non-hydrogen) atoms. The van der Waals surface area contributed by atoms with Gasteiger partial charge in [-0.1, -0.05) is 0 Å². The van der Waals surface area contributed by atoms with Crippen LogP contribution in [0.3, 0.4) is 0 Å². The van der Waals surface area contributed by atoms with Gasteiger partial charge in [-0.25, -0.2) is 4.98 Å². The maximum absolute atomic E-state index is 10.6. The van der Waals surface area contributed by atoms with E-state index in [1.165, 1.54) is 4.88 Å². The van der Waals surface area contributed by atoms with Gasteiger partial charge in [0.2, 0.25) is 0 Å². The van der Waals surface area contributed by atoms with Gasteiger partial charge in [0, 0.05) is 24.0 Å². The smallest absolute Gasteiger partial charge is 0.295 e. The van der Waals surface area contributed by atoms with Crippen molar-refractivity contribution in [1.29, 1.82) is 0 Å². The molecule has 0 radical (unpaired) electrons. The number of amides is 1. The maximum atomic E-state index is 10.6. The second kappa shape index (κ2) is 4.63. The summed E-state index contributed by atoms with van der Waals surface area (Å²) in [6, 6.07) is 0. The second-order valence-corrected chi connectivity index (χ2v) is 3.83. The molecule has 1 amide bonds. The molecule has 0 saturated carbocycles. The Balaban J connectivity index is 2.29. The molecule has 3 nitrogen and oxygen atoms in total. The summed E-state index contributed by atoms with van der Waals surface area (Å²) in [5.41, 5.74) is 0. The monoisotopic (exact) mass is 194 g/mol. The van der Waals surface area contributed by atoms with Crippen LogP contribution >= 0.6 is 11.3 Å². The van der Waals surface area contributed by atoms with E-state index < -0.39 is 0 Å². The fourth-order valence-corrected chi connectivity index (χ4v) is 1.64. The third kappa shape index (κ3) is 3.26. The number of aryl methyl sites for hydroxylation is 1. The Labute approximate surface area is 81.2 Å². The molecule has 0 aliphatic carbocycles. The molecule has 4 heteroatoms. The predicted molar refractivity (Wildman–Crippen MR) is 52.4 cm³/mol. The molecule has 0 unspecified atom stereocenters. The first-order valence-corrected chi connectivity index (χ1v) is 4.70. The van der Waals surface area contributed by atoms with Crippen LogP contribution in [0.4, 0.5) is 0 Å². The van der Waals surface area contributed by atoms with Gasteiger partial charge in [0.1, 0.15) is 0 Å². The number of rotatable bonds is 3. The van der Waals surface area contributed by atoms with Gasteiger partial charge in [0.15, 0.2) is 0 Å².